The van der Waals surface area contributed by atoms with Crippen molar-refractivity contribution in [3.8, 4) is 63.1 Å². The molecule has 1 aliphatic heterocycles. The zero-order chi connectivity index (χ0) is 99.2. The number of rotatable bonds is 38. The molecular formula is C116H112N8O16S. The van der Waals surface area contributed by atoms with E-state index in [1.165, 1.54) is 46.3 Å². The van der Waals surface area contributed by atoms with Gasteiger partial charge < -0.3 is 57.5 Å². The summed E-state index contributed by atoms with van der Waals surface area (Å²) >= 11 is 1.35. The van der Waals surface area contributed by atoms with E-state index in [0.717, 1.165) is 122 Å². The van der Waals surface area contributed by atoms with E-state index in [-0.39, 0.29) is 66.1 Å². The summed E-state index contributed by atoms with van der Waals surface area (Å²) in [5, 5.41) is 21.3. The molecule has 3 N–H and O–H groups in total. The Labute approximate surface area is 824 Å². The maximum Gasteiger partial charge on any atom is 0.291 e. The van der Waals surface area contributed by atoms with Crippen molar-refractivity contribution in [1.82, 2.24) is 19.7 Å². The predicted octanol–water partition coefficient (Wildman–Crippen LogP) is 23.3. The van der Waals surface area contributed by atoms with E-state index in [2.05, 4.69) is 122 Å². The van der Waals surface area contributed by atoms with Crippen molar-refractivity contribution in [3.05, 3.63) is 406 Å². The van der Waals surface area contributed by atoms with Crippen LogP contribution in [0.4, 0.5) is 22.2 Å². The largest absolute Gasteiger partial charge is 0.497 e. The molecule has 0 fully saturated rings. The molecule has 0 atom stereocenters. The molecule has 17 rings (SSSR count). The van der Waals surface area contributed by atoms with E-state index in [1.807, 2.05) is 181 Å². The van der Waals surface area contributed by atoms with Gasteiger partial charge in [-0.3, -0.25) is 43.9 Å². The van der Waals surface area contributed by atoms with Gasteiger partial charge in [-0.15, -0.1) is 21.5 Å². The fraction of sp³-hybridized carbons (Fsp3) is 0.198. The number of Topliss-reactive ketones (excluding diaryl/α,β-unsaturated/α-hetero) is 4. The molecule has 1 aliphatic rings. The number of nitrogens with zero attached hydrogens (tertiary/aromatic N) is 5. The summed E-state index contributed by atoms with van der Waals surface area (Å²) in [6, 6.07) is 100. The highest BCUT2D eigenvalue weighted by molar-refractivity contribution is 7.13. The minimum absolute atomic E-state index is 0.137. The Morgan fingerprint density at radius 2 is 0.957 bits per heavy atom. The number of carbonyl (C=O) groups excluding carboxylic acids is 7. The lowest BCUT2D eigenvalue weighted by Gasteiger charge is -2.10. The maximum atomic E-state index is 12.5. The van der Waals surface area contributed by atoms with Crippen LogP contribution < -0.4 is 53.8 Å². The number of hydrogen-bond donors (Lipinski definition) is 3. The van der Waals surface area contributed by atoms with Crippen LogP contribution in [0.25, 0.3) is 22.2 Å². The summed E-state index contributed by atoms with van der Waals surface area (Å²) in [5.74, 6) is 8.42. The number of fused-ring (bicyclic) bond motifs is 2. The van der Waals surface area contributed by atoms with Gasteiger partial charge in [-0.25, -0.2) is 4.98 Å². The number of aromatic nitrogens is 4. The Kier molecular flexibility index (Phi) is 37.5. The number of aryl methyl sites for hydroxylation is 3. The van der Waals surface area contributed by atoms with Crippen molar-refractivity contribution >= 4 is 90.9 Å². The number of furan rings is 1. The molecule has 13 aromatic carbocycles. The molecular weight excluding hydrogens is 1790 g/mol. The van der Waals surface area contributed by atoms with Crippen LogP contribution in [-0.4, -0.2) is 109 Å². The summed E-state index contributed by atoms with van der Waals surface area (Å²) in [5.41, 5.74) is 15.8. The van der Waals surface area contributed by atoms with Crippen LogP contribution in [0.3, 0.4) is 0 Å². The van der Waals surface area contributed by atoms with Gasteiger partial charge in [0.25, 0.3) is 11.8 Å². The van der Waals surface area contributed by atoms with Gasteiger partial charge in [0.15, 0.2) is 39.7 Å². The van der Waals surface area contributed by atoms with E-state index < -0.39 is 0 Å². The molecule has 141 heavy (non-hydrogen) atoms. The van der Waals surface area contributed by atoms with Crippen LogP contribution in [0.1, 0.15) is 121 Å². The third-order valence-electron chi connectivity index (χ3n) is 22.8. The van der Waals surface area contributed by atoms with Crippen LogP contribution in [0.5, 0.6) is 51.7 Å². The molecule has 16 aromatic rings. The monoisotopic (exact) mass is 1900 g/mol. The Balaban J connectivity index is 0.000000148. The quantitative estimate of drug-likeness (QED) is 0.0324. The van der Waals surface area contributed by atoms with Gasteiger partial charge in [0.1, 0.15) is 70.1 Å². The normalized spacial score (nSPS) is 10.9. The number of hydrogen-bond acceptors (Lipinski definition) is 21. The number of thiazole rings is 1. The average Bonchev–Trinajstić information content (AvgIpc) is 1.80. The smallest absolute Gasteiger partial charge is 0.291 e. The number of anilines is 3. The maximum absolute atomic E-state index is 12.5. The molecule has 0 bridgehead atoms. The van der Waals surface area contributed by atoms with Gasteiger partial charge in [0, 0.05) is 97.9 Å². The number of nitrogens with one attached hydrogen (secondary N) is 3. The average molecular weight is 1910 g/mol. The standard InChI is InChI=1S/C26H25NO2.C24H21NO5.C23H25N3O2.C23H22O3.C20H19N3O4S/c1-29-25-13-14-26-22(18-25)17-23(27-26)11-12-24(28)16-21-9-7-20(8-10-21)15-19-5-3-2-4-6-19;1-27-21-11-8-18(14-23(21)28-2)25-24(26)22-12-10-20(30-22)15-29-19-9-7-16-5-3-4-6-17(16)13-19;1-16-4-6-18(7-5-16)10-13-21(28)15-22-24-25-23(26(22)3)20-11-8-19(9-12-20)14-17(2)27;1-25-21-13-8-18(9-14-21)7-12-20(24)17-19-10-15-23(16-11-19)26-22-5-3-2-4-6-22;1-26-16-8-3-13(11-17(16)27-2)12-18(24)22-15-6-4-14(5-7-15)19(25)23-20-21-9-10-28-20/h2-10,13-14,18H,11-12,15-17H2,1H3;3-14H,15H2,1-2H3,(H,25,26);4-9,11-12H,10,13-15H2,1-3H3;2-6,8-11,13-16H,7,12,17H2,1H3;3-11H,12H2,1-2H3,(H,22,24)(H,21,23,25). The number of methoxy groups -OCH3 is 6. The molecule has 3 amide bonds. The third kappa shape index (κ3) is 31.7. The number of ether oxygens (including phenoxy) is 8. The molecule has 0 aliphatic carbocycles. The van der Waals surface area contributed by atoms with Gasteiger partial charge in [-0.05, 0) is 228 Å². The summed E-state index contributed by atoms with van der Waals surface area (Å²) in [7, 11) is 11.4. The molecule has 0 radical (unpaired) electrons. The van der Waals surface area contributed by atoms with Crippen LogP contribution in [0, 0.1) is 6.92 Å². The lowest BCUT2D eigenvalue weighted by atomic mass is 9.99. The van der Waals surface area contributed by atoms with Crippen LogP contribution >= 0.6 is 11.3 Å². The van der Waals surface area contributed by atoms with Gasteiger partial charge in [-0.1, -0.05) is 188 Å². The third-order valence-corrected chi connectivity index (χ3v) is 23.5. The number of amides is 3. The SMILES string of the molecule is CC(=O)Cc1ccc(-c2nnc(CC(=O)CCc3ccc(C)cc3)n2C)cc1.COc1ccc(CC(=O)Nc2ccc(C(=O)Nc3nccs3)cc2)cc1OC.COc1ccc(CCC(=O)Cc2ccc(Oc3ccccc3)cc2)cc1.COc1ccc(NC(=O)c2ccc(COc3ccc4ccccc4c3)o2)cc1OC.COc1ccc2c(c1)CC(CCC(=O)Cc1ccc(Cc3ccccc3)cc1)=N2. The zero-order valence-electron chi connectivity index (χ0n) is 80.3. The fourth-order valence-corrected chi connectivity index (χ4v) is 15.7. The highest BCUT2D eigenvalue weighted by atomic mass is 32.1. The van der Waals surface area contributed by atoms with E-state index in [0.29, 0.717) is 95.2 Å². The van der Waals surface area contributed by atoms with Crippen molar-refractivity contribution in [3.63, 3.8) is 0 Å². The first kappa shape index (κ1) is 102. The molecule has 25 heteroatoms. The van der Waals surface area contributed by atoms with E-state index in [1.54, 1.807) is 121 Å². The highest BCUT2D eigenvalue weighted by Crippen LogP contribution is 2.35. The summed E-state index contributed by atoms with van der Waals surface area (Å²) in [4.78, 5) is 93.9. The first-order chi connectivity index (χ1) is 68.6. The summed E-state index contributed by atoms with van der Waals surface area (Å²) < 4.78 is 50.4. The lowest BCUT2D eigenvalue weighted by Crippen LogP contribution is -2.15. The van der Waals surface area contributed by atoms with Crippen molar-refractivity contribution in [1.29, 1.82) is 0 Å². The van der Waals surface area contributed by atoms with Crippen LogP contribution in [0.15, 0.2) is 336 Å². The van der Waals surface area contributed by atoms with E-state index in [4.69, 9.17) is 42.3 Å². The van der Waals surface area contributed by atoms with Crippen molar-refractivity contribution in [2.45, 2.75) is 104 Å². The molecule has 4 heterocycles. The first-order valence-corrected chi connectivity index (χ1v) is 46.9. The Morgan fingerprint density at radius 3 is 1.60 bits per heavy atom. The molecule has 0 unspecified atom stereocenters. The van der Waals surface area contributed by atoms with Gasteiger partial charge in [0.05, 0.1) is 61.2 Å². The van der Waals surface area contributed by atoms with Gasteiger partial charge in [0.2, 0.25) is 5.91 Å². The Bertz CT molecular complexity index is 6870. The minimum Gasteiger partial charge on any atom is -0.497 e. The molecule has 0 saturated carbocycles. The van der Waals surface area contributed by atoms with Crippen LogP contribution in [-0.2, 0) is 95.4 Å². The predicted molar refractivity (Wildman–Crippen MR) is 552 cm³/mol. The van der Waals surface area contributed by atoms with Crippen molar-refractivity contribution in [2.75, 3.05) is 58.6 Å². The second-order valence-corrected chi connectivity index (χ2v) is 34.2. The lowest BCUT2D eigenvalue weighted by molar-refractivity contribution is -0.119. The number of carbonyl (C=O) groups is 7. The van der Waals surface area contributed by atoms with E-state index >= 15 is 0 Å². The second-order valence-electron chi connectivity index (χ2n) is 33.3. The number of ketones is 4. The summed E-state index contributed by atoms with van der Waals surface area (Å²) in [6.45, 7) is 3.86. The topological polar surface area (TPSA) is 299 Å². The Morgan fingerprint density at radius 1 is 0.418 bits per heavy atom. The molecule has 3 aromatic heterocycles. The highest BCUT2D eigenvalue weighted by Gasteiger charge is 2.21. The van der Waals surface area contributed by atoms with Gasteiger partial charge >= 0.3 is 0 Å². The number of para-hydroxylation sites is 1. The fourth-order valence-electron chi connectivity index (χ4n) is 15.2. The minimum atomic E-state index is -0.362. The molecule has 718 valence electrons. The Hall–Kier alpha value is -16.7. The number of benzene rings is 13. The number of aliphatic imine (C=N–C) groups is 1. The van der Waals surface area contributed by atoms with E-state index in [9.17, 15) is 33.6 Å². The van der Waals surface area contributed by atoms with Crippen molar-refractivity contribution < 1.29 is 75.9 Å². The zero-order valence-corrected chi connectivity index (χ0v) is 81.1. The van der Waals surface area contributed by atoms with Crippen LogP contribution in [0.2, 0.25) is 0 Å². The van der Waals surface area contributed by atoms with Gasteiger partial charge in [-0.2, -0.15) is 0 Å². The molecule has 0 spiro atoms. The van der Waals surface area contributed by atoms with Crippen molar-refractivity contribution in [2.24, 2.45) is 12.0 Å². The first-order valence-electron chi connectivity index (χ1n) is 46.0. The second kappa shape index (κ2) is 52.0. The molecule has 0 saturated heterocycles. The molecule has 24 nitrogen and oxygen atoms in total. The summed E-state index contributed by atoms with van der Waals surface area (Å²) in [6.07, 6.45) is 8.95.